The maximum atomic E-state index is 11.3. The Hall–Kier alpha value is 0.00286. The summed E-state index contributed by atoms with van der Waals surface area (Å²) in [4.78, 5) is 21.4. The third kappa shape index (κ3) is 8.69. The van der Waals surface area contributed by atoms with Crippen LogP contribution in [-0.4, -0.2) is 46.5 Å². The van der Waals surface area contributed by atoms with Gasteiger partial charge in [-0.05, 0) is 0 Å². The van der Waals surface area contributed by atoms with Gasteiger partial charge in [0.25, 0.3) is 0 Å². The van der Waals surface area contributed by atoms with Gasteiger partial charge in [-0.2, -0.15) is 0 Å². The molecule has 0 rings (SSSR count). The summed E-state index contributed by atoms with van der Waals surface area (Å²) in [6.07, 6.45) is -1.55. The van der Waals surface area contributed by atoms with Crippen molar-refractivity contribution in [2.45, 2.75) is 26.4 Å². The molecule has 17 heavy (non-hydrogen) atoms. The van der Waals surface area contributed by atoms with Crippen molar-refractivity contribution in [2.24, 2.45) is 5.41 Å². The Kier molecular flexibility index (Phi) is 13.0. The summed E-state index contributed by atoms with van der Waals surface area (Å²) >= 11 is 0. The molecule has 0 aliphatic rings. The minimum absolute atomic E-state index is 0. The third-order valence-electron chi connectivity index (χ3n) is 2.03. The Labute approximate surface area is 123 Å². The molecule has 0 aliphatic carbocycles. The van der Waals surface area contributed by atoms with Gasteiger partial charge in [-0.3, -0.25) is 9.59 Å². The minimum Gasteiger partial charge on any atom is -0.481 e. The smallest absolute Gasteiger partial charge is 0.305 e. The number of nitrogens with one attached hydrogen (secondary N) is 1. The van der Waals surface area contributed by atoms with Gasteiger partial charge < -0.3 is 20.6 Å². The van der Waals surface area contributed by atoms with Crippen molar-refractivity contribution in [1.29, 1.82) is 0 Å². The maximum absolute atomic E-state index is 11.3. The van der Waals surface area contributed by atoms with Gasteiger partial charge in [0.05, 0.1) is 13.0 Å². The molecule has 0 aliphatic heterocycles. The molecule has 0 heterocycles. The zero-order valence-electron chi connectivity index (χ0n) is 9.92. The van der Waals surface area contributed by atoms with Crippen LogP contribution in [0.15, 0.2) is 0 Å². The molecule has 0 saturated heterocycles. The molecule has 0 aromatic heterocycles. The average Bonchev–Trinajstić information content (AvgIpc) is 2.15. The second-order valence-corrected chi connectivity index (χ2v) is 3.98. The summed E-state index contributed by atoms with van der Waals surface area (Å²) in [5, 5.41) is 29.0. The van der Waals surface area contributed by atoms with E-state index in [0.717, 1.165) is 0 Å². The standard InChI is InChI=1S/C9H17NO5.Fe.Zn/c1-9(2,5-11)7(14)8(15)10-4-3-6(12)13;;/h7,11,14H,3-5H2,1-2H3,(H,10,15)(H,12,13);;. The fraction of sp³-hybridized carbons (Fsp3) is 0.778. The molecule has 1 unspecified atom stereocenters. The number of amides is 1. The number of carboxylic acids is 1. The van der Waals surface area contributed by atoms with E-state index in [4.69, 9.17) is 10.2 Å². The van der Waals surface area contributed by atoms with E-state index in [1.165, 1.54) is 13.8 Å². The molecule has 4 N–H and O–H groups in total. The van der Waals surface area contributed by atoms with Crippen LogP contribution in [-0.2, 0) is 46.1 Å². The van der Waals surface area contributed by atoms with Crippen molar-refractivity contribution in [3.63, 3.8) is 0 Å². The van der Waals surface area contributed by atoms with E-state index in [1.807, 2.05) is 0 Å². The molecule has 0 aromatic carbocycles. The van der Waals surface area contributed by atoms with Crippen LogP contribution >= 0.6 is 0 Å². The number of carbonyl (C=O) groups is 2. The summed E-state index contributed by atoms with van der Waals surface area (Å²) in [6.45, 7) is 2.70. The van der Waals surface area contributed by atoms with Gasteiger partial charge >= 0.3 is 5.97 Å². The minimum atomic E-state index is -1.35. The van der Waals surface area contributed by atoms with Gasteiger partial charge in [-0.15, -0.1) is 0 Å². The first-order valence-electron chi connectivity index (χ1n) is 4.59. The van der Waals surface area contributed by atoms with Gasteiger partial charge in [0, 0.05) is 48.5 Å². The SMILES string of the molecule is CC(C)(CO)C(O)C(=O)NCCC(=O)O.[Fe].[Zn]. The first-order valence-corrected chi connectivity index (χ1v) is 4.59. The number of carbonyl (C=O) groups excluding carboxylic acids is 1. The molecule has 1 amide bonds. The molecule has 0 radical (unpaired) electrons. The van der Waals surface area contributed by atoms with Crippen LogP contribution in [0.5, 0.6) is 0 Å². The van der Waals surface area contributed by atoms with Crippen molar-refractivity contribution in [3.8, 4) is 0 Å². The Morgan fingerprint density at radius 2 is 1.82 bits per heavy atom. The molecule has 0 spiro atoms. The molecular formula is C9H17FeNO5Zn. The summed E-state index contributed by atoms with van der Waals surface area (Å²) in [5.74, 6) is -1.69. The van der Waals surface area contributed by atoms with E-state index in [0.29, 0.717) is 0 Å². The molecular weight excluding hydrogens is 323 g/mol. The normalized spacial score (nSPS) is 11.8. The zero-order chi connectivity index (χ0) is 12.1. The van der Waals surface area contributed by atoms with Crippen LogP contribution in [0, 0.1) is 5.41 Å². The molecule has 0 bridgehead atoms. The molecule has 6 nitrogen and oxygen atoms in total. The molecule has 1 atom stereocenters. The number of aliphatic carboxylic acids is 1. The van der Waals surface area contributed by atoms with Gasteiger partial charge in [0.15, 0.2) is 0 Å². The average molecular weight is 340 g/mol. The van der Waals surface area contributed by atoms with E-state index in [-0.39, 0.29) is 56.1 Å². The van der Waals surface area contributed by atoms with Gasteiger partial charge in [-0.25, -0.2) is 0 Å². The Bertz CT molecular complexity index is 250. The monoisotopic (exact) mass is 339 g/mol. The first-order chi connectivity index (χ1) is 6.81. The molecule has 8 heteroatoms. The van der Waals surface area contributed by atoms with Crippen LogP contribution in [0.1, 0.15) is 20.3 Å². The third-order valence-corrected chi connectivity index (χ3v) is 2.03. The number of hydrogen-bond donors (Lipinski definition) is 4. The molecule has 0 aromatic rings. The number of aliphatic hydroxyl groups excluding tert-OH is 2. The fourth-order valence-electron chi connectivity index (χ4n) is 0.831. The zero-order valence-corrected chi connectivity index (χ0v) is 14.0. The van der Waals surface area contributed by atoms with Crippen LogP contribution in [0.25, 0.3) is 0 Å². The maximum Gasteiger partial charge on any atom is 0.305 e. The predicted octanol–water partition coefficient (Wildman–Crippen LogP) is -1.05. The topological polar surface area (TPSA) is 107 Å². The van der Waals surface area contributed by atoms with Gasteiger partial charge in [0.1, 0.15) is 6.10 Å². The largest absolute Gasteiger partial charge is 0.481 e. The molecule has 98 valence electrons. The van der Waals surface area contributed by atoms with E-state index in [2.05, 4.69) is 5.32 Å². The van der Waals surface area contributed by atoms with Crippen molar-refractivity contribution < 1.29 is 61.5 Å². The number of aliphatic hydroxyl groups is 2. The van der Waals surface area contributed by atoms with E-state index < -0.39 is 23.4 Å². The Morgan fingerprint density at radius 1 is 1.35 bits per heavy atom. The summed E-state index contributed by atoms with van der Waals surface area (Å²) < 4.78 is 0. The van der Waals surface area contributed by atoms with Crippen LogP contribution in [0.2, 0.25) is 0 Å². The van der Waals surface area contributed by atoms with E-state index >= 15 is 0 Å². The fourth-order valence-corrected chi connectivity index (χ4v) is 0.831. The summed E-state index contributed by atoms with van der Waals surface area (Å²) in [6, 6.07) is 0. The second kappa shape index (κ2) is 9.97. The first kappa shape index (κ1) is 22.2. The number of hydrogen-bond acceptors (Lipinski definition) is 4. The molecule has 0 fully saturated rings. The molecule has 0 saturated carbocycles. The van der Waals surface area contributed by atoms with Crippen LogP contribution in [0.4, 0.5) is 0 Å². The predicted molar refractivity (Wildman–Crippen MR) is 52.1 cm³/mol. The summed E-state index contributed by atoms with van der Waals surface area (Å²) in [5.41, 5.74) is -0.937. The summed E-state index contributed by atoms with van der Waals surface area (Å²) in [7, 11) is 0. The van der Waals surface area contributed by atoms with E-state index in [1.54, 1.807) is 0 Å². The van der Waals surface area contributed by atoms with Crippen LogP contribution in [0.3, 0.4) is 0 Å². The second-order valence-electron chi connectivity index (χ2n) is 3.98. The van der Waals surface area contributed by atoms with Crippen molar-refractivity contribution in [3.05, 3.63) is 0 Å². The van der Waals surface area contributed by atoms with E-state index in [9.17, 15) is 14.7 Å². The van der Waals surface area contributed by atoms with Crippen LogP contribution < -0.4 is 5.32 Å². The number of rotatable bonds is 6. The van der Waals surface area contributed by atoms with Crippen molar-refractivity contribution in [2.75, 3.05) is 13.2 Å². The van der Waals surface area contributed by atoms with Crippen molar-refractivity contribution >= 4 is 11.9 Å². The van der Waals surface area contributed by atoms with Gasteiger partial charge in [0.2, 0.25) is 5.91 Å². The van der Waals surface area contributed by atoms with Gasteiger partial charge in [-0.1, -0.05) is 13.8 Å². The Balaban J connectivity index is -0.000000980. The Morgan fingerprint density at radius 3 is 2.18 bits per heavy atom. The number of carboxylic acid groups (broad SMARTS) is 1. The van der Waals surface area contributed by atoms with Crippen molar-refractivity contribution in [1.82, 2.24) is 5.32 Å². The quantitative estimate of drug-likeness (QED) is 0.462.